The Hall–Kier alpha value is -2.32. The normalized spacial score (nSPS) is 17.5. The third-order valence-electron chi connectivity index (χ3n) is 4.40. The Morgan fingerprint density at radius 1 is 1.20 bits per heavy atom. The zero-order valence-corrected chi connectivity index (χ0v) is 19.4. The third kappa shape index (κ3) is 6.09. The molecule has 8 heteroatoms. The van der Waals surface area contributed by atoms with E-state index in [9.17, 15) is 14.4 Å². The van der Waals surface area contributed by atoms with E-state index in [2.05, 4.69) is 5.32 Å². The summed E-state index contributed by atoms with van der Waals surface area (Å²) in [6.07, 6.45) is 0.779. The van der Waals surface area contributed by atoms with Gasteiger partial charge in [0, 0.05) is 37.7 Å². The highest BCUT2D eigenvalue weighted by atomic mass is 32.2. The van der Waals surface area contributed by atoms with E-state index >= 15 is 0 Å². The molecule has 2 rings (SSSR count). The summed E-state index contributed by atoms with van der Waals surface area (Å²) in [6, 6.07) is 3.73. The molecule has 164 valence electrons. The van der Waals surface area contributed by atoms with Gasteiger partial charge in [-0.15, -0.1) is 11.8 Å². The molecule has 2 atom stereocenters. The predicted octanol–water partition coefficient (Wildman–Crippen LogP) is 3.28. The Morgan fingerprint density at radius 2 is 1.87 bits per heavy atom. The van der Waals surface area contributed by atoms with Gasteiger partial charge >= 0.3 is 11.9 Å². The third-order valence-corrected chi connectivity index (χ3v) is 5.45. The van der Waals surface area contributed by atoms with Gasteiger partial charge in [-0.05, 0) is 42.6 Å². The molecule has 2 unspecified atom stereocenters. The fourth-order valence-corrected chi connectivity index (χ4v) is 4.10. The lowest BCUT2D eigenvalue weighted by Gasteiger charge is -2.30. The summed E-state index contributed by atoms with van der Waals surface area (Å²) in [6.45, 7) is 9.26. The predicted molar refractivity (Wildman–Crippen MR) is 117 cm³/mol. The lowest BCUT2D eigenvalue weighted by molar-refractivity contribution is -0.147. The van der Waals surface area contributed by atoms with E-state index < -0.39 is 23.3 Å². The maximum atomic E-state index is 12.5. The number of benzene rings is 1. The van der Waals surface area contributed by atoms with Gasteiger partial charge in [0.15, 0.2) is 0 Å². The van der Waals surface area contributed by atoms with Gasteiger partial charge < -0.3 is 19.7 Å². The minimum Gasteiger partial charge on any atom is -0.456 e. The second kappa shape index (κ2) is 9.66. The number of nitrogens with one attached hydrogen (secondary N) is 1. The van der Waals surface area contributed by atoms with E-state index in [4.69, 9.17) is 9.47 Å². The summed E-state index contributed by atoms with van der Waals surface area (Å²) in [5.41, 5.74) is 1.92. The molecule has 0 aromatic heterocycles. The van der Waals surface area contributed by atoms with Crippen LogP contribution >= 0.6 is 11.8 Å². The Labute approximate surface area is 182 Å². The molecule has 30 heavy (non-hydrogen) atoms. The number of hydrogen-bond donors (Lipinski definition) is 1. The van der Waals surface area contributed by atoms with Crippen molar-refractivity contribution >= 4 is 29.6 Å². The molecule has 1 aromatic rings. The summed E-state index contributed by atoms with van der Waals surface area (Å²) in [4.78, 5) is 38.1. The number of carbonyl (C=O) groups is 3. The highest BCUT2D eigenvalue weighted by Crippen LogP contribution is 2.41. The topological polar surface area (TPSA) is 84.9 Å². The molecule has 0 bridgehead atoms. The van der Waals surface area contributed by atoms with Crippen LogP contribution in [0.1, 0.15) is 57.4 Å². The highest BCUT2D eigenvalue weighted by molar-refractivity contribution is 8.03. The quantitative estimate of drug-likeness (QED) is 0.543. The number of nitrogens with zero attached hydrogens (tertiary/aromatic N) is 1. The summed E-state index contributed by atoms with van der Waals surface area (Å²) >= 11 is 1.30. The average molecular weight is 435 g/mol. The monoisotopic (exact) mass is 434 g/mol. The number of amides is 1. The molecule has 1 amide bonds. The van der Waals surface area contributed by atoms with E-state index in [1.807, 2.05) is 51.9 Å². The van der Waals surface area contributed by atoms with E-state index in [0.29, 0.717) is 17.9 Å². The number of ether oxygens (including phenoxy) is 2. The Bertz CT molecular complexity index is 858. The van der Waals surface area contributed by atoms with Crippen molar-refractivity contribution in [1.82, 2.24) is 10.2 Å². The molecule has 1 aliphatic heterocycles. The van der Waals surface area contributed by atoms with Crippen molar-refractivity contribution in [2.75, 3.05) is 14.1 Å². The van der Waals surface area contributed by atoms with Crippen LogP contribution in [-0.2, 0) is 31.1 Å². The number of hydrogen-bond acceptors (Lipinski definition) is 7. The van der Waals surface area contributed by atoms with Gasteiger partial charge in [0.2, 0.25) is 5.91 Å². The lowest BCUT2D eigenvalue weighted by Crippen LogP contribution is -2.37. The first-order valence-corrected chi connectivity index (χ1v) is 10.6. The van der Waals surface area contributed by atoms with Gasteiger partial charge in [-0.1, -0.05) is 20.8 Å². The van der Waals surface area contributed by atoms with Crippen molar-refractivity contribution in [3.8, 4) is 5.75 Å². The molecule has 0 radical (unpaired) electrons. The summed E-state index contributed by atoms with van der Waals surface area (Å²) in [5, 5.41) is 3.81. The molecule has 1 aromatic carbocycles. The molecule has 1 aliphatic rings. The largest absolute Gasteiger partial charge is 0.456 e. The van der Waals surface area contributed by atoms with Crippen LogP contribution in [0, 0.1) is 0 Å². The van der Waals surface area contributed by atoms with Crippen molar-refractivity contribution in [2.45, 2.75) is 57.9 Å². The van der Waals surface area contributed by atoms with Gasteiger partial charge in [0.05, 0.1) is 0 Å². The van der Waals surface area contributed by atoms with Crippen molar-refractivity contribution in [3.05, 3.63) is 40.4 Å². The van der Waals surface area contributed by atoms with Crippen LogP contribution in [0.5, 0.6) is 5.75 Å². The van der Waals surface area contributed by atoms with Crippen LogP contribution in [-0.4, -0.2) is 42.1 Å². The van der Waals surface area contributed by atoms with Crippen LogP contribution in [0.2, 0.25) is 0 Å². The second-order valence-electron chi connectivity index (χ2n) is 8.54. The maximum Gasteiger partial charge on any atom is 0.308 e. The molecule has 0 fully saturated rings. The Morgan fingerprint density at radius 3 is 2.37 bits per heavy atom. The molecular weight excluding hydrogens is 404 g/mol. The average Bonchev–Trinajstić information content (AvgIpc) is 2.59. The molecule has 0 saturated carbocycles. The summed E-state index contributed by atoms with van der Waals surface area (Å²) in [5.74, 6) is -0.602. The zero-order valence-electron chi connectivity index (χ0n) is 18.6. The number of carbonyl (C=O) groups excluding carboxylic acids is 3. The van der Waals surface area contributed by atoms with Gasteiger partial charge in [-0.2, -0.15) is 0 Å². The van der Waals surface area contributed by atoms with Crippen LogP contribution in [0.4, 0.5) is 0 Å². The summed E-state index contributed by atoms with van der Waals surface area (Å²) in [7, 11) is 3.83. The van der Waals surface area contributed by atoms with Gasteiger partial charge in [-0.3, -0.25) is 14.4 Å². The van der Waals surface area contributed by atoms with Crippen LogP contribution in [0.25, 0.3) is 0 Å². The van der Waals surface area contributed by atoms with E-state index in [0.717, 1.165) is 11.1 Å². The Balaban J connectivity index is 2.71. The van der Waals surface area contributed by atoms with Gasteiger partial charge in [0.25, 0.3) is 0 Å². The zero-order chi connectivity index (χ0) is 22.6. The van der Waals surface area contributed by atoms with Crippen molar-refractivity contribution in [3.63, 3.8) is 0 Å². The standard InChI is InChI=1S/C22H30N2O5S/c1-13(25)28-18-16(12-24(6)7)10-15(11-17(18)22(3,4)5)19(29-14(2)26)20-21(27)23-8-9-30-20/h8-11,19-20H,12H2,1-7H3,(H,23,27). The molecule has 1 heterocycles. The number of esters is 2. The second-order valence-corrected chi connectivity index (χ2v) is 9.59. The lowest BCUT2D eigenvalue weighted by atomic mass is 9.83. The van der Waals surface area contributed by atoms with Crippen LogP contribution in [0.15, 0.2) is 23.7 Å². The molecule has 0 aliphatic carbocycles. The molecule has 1 N–H and O–H groups in total. The van der Waals surface area contributed by atoms with E-state index in [1.54, 1.807) is 11.6 Å². The first kappa shape index (κ1) is 24.0. The maximum absolute atomic E-state index is 12.5. The van der Waals surface area contributed by atoms with Crippen LogP contribution < -0.4 is 10.1 Å². The smallest absolute Gasteiger partial charge is 0.308 e. The molecule has 0 spiro atoms. The minimum atomic E-state index is -0.786. The first-order chi connectivity index (χ1) is 13.9. The van der Waals surface area contributed by atoms with E-state index in [-0.39, 0.29) is 11.3 Å². The van der Waals surface area contributed by atoms with Gasteiger partial charge in [-0.25, -0.2) is 0 Å². The van der Waals surface area contributed by atoms with Crippen molar-refractivity contribution in [2.24, 2.45) is 0 Å². The Kier molecular flexibility index (Phi) is 7.71. The molecule has 7 nitrogen and oxygen atoms in total. The van der Waals surface area contributed by atoms with Crippen molar-refractivity contribution in [1.29, 1.82) is 0 Å². The summed E-state index contributed by atoms with van der Waals surface area (Å²) < 4.78 is 11.2. The number of rotatable bonds is 6. The van der Waals surface area contributed by atoms with Gasteiger partial charge in [0.1, 0.15) is 17.1 Å². The minimum absolute atomic E-state index is 0.232. The van der Waals surface area contributed by atoms with Crippen LogP contribution in [0.3, 0.4) is 0 Å². The van der Waals surface area contributed by atoms with E-state index in [1.165, 1.54) is 25.6 Å². The fraction of sp³-hybridized carbons (Fsp3) is 0.500. The highest BCUT2D eigenvalue weighted by Gasteiger charge is 2.35. The molecular formula is C22H30N2O5S. The van der Waals surface area contributed by atoms with Crippen molar-refractivity contribution < 1.29 is 23.9 Å². The SMILES string of the molecule is CC(=O)Oc1c(CN(C)C)cc(C(OC(C)=O)C2SC=CNC2=O)cc1C(C)(C)C. The molecule has 0 saturated heterocycles. The first-order valence-electron chi connectivity index (χ1n) is 9.68. The number of thioether (sulfide) groups is 1. The fourth-order valence-electron chi connectivity index (χ4n) is 3.23.